The van der Waals surface area contributed by atoms with Crippen LogP contribution in [0.2, 0.25) is 0 Å². The van der Waals surface area contributed by atoms with Crippen LogP contribution in [0.5, 0.6) is 0 Å². The van der Waals surface area contributed by atoms with Crippen molar-refractivity contribution in [2.24, 2.45) is 5.92 Å². The van der Waals surface area contributed by atoms with E-state index in [4.69, 9.17) is 0 Å². The number of hydrogen-bond donors (Lipinski definition) is 1. The molecule has 1 aliphatic heterocycles. The zero-order valence-electron chi connectivity index (χ0n) is 20.4. The SMILES string of the molecule is CC(C)NC(=O)c1cn(Cc2ccccc2)cc(C(=O)N2CCC(Cc3ccccc3)CC2)c1=O. The molecule has 35 heavy (non-hydrogen) atoms. The number of benzene rings is 2. The van der Waals surface area contributed by atoms with Crippen LogP contribution in [0.4, 0.5) is 0 Å². The minimum Gasteiger partial charge on any atom is -0.350 e. The van der Waals surface area contributed by atoms with Crippen LogP contribution in [-0.2, 0) is 13.0 Å². The van der Waals surface area contributed by atoms with Crippen LogP contribution in [0.25, 0.3) is 0 Å². The lowest BCUT2D eigenvalue weighted by atomic mass is 9.90. The van der Waals surface area contributed by atoms with Crippen molar-refractivity contribution in [3.8, 4) is 0 Å². The van der Waals surface area contributed by atoms with Gasteiger partial charge in [0.1, 0.15) is 11.1 Å². The number of nitrogens with zero attached hydrogens (tertiary/aromatic N) is 2. The van der Waals surface area contributed by atoms with E-state index >= 15 is 0 Å². The molecule has 0 spiro atoms. The van der Waals surface area contributed by atoms with Gasteiger partial charge in [-0.1, -0.05) is 60.7 Å². The van der Waals surface area contributed by atoms with Crippen molar-refractivity contribution in [3.05, 3.63) is 106 Å². The molecule has 1 fully saturated rings. The molecule has 0 aliphatic carbocycles. The van der Waals surface area contributed by atoms with E-state index in [9.17, 15) is 14.4 Å². The highest BCUT2D eigenvalue weighted by molar-refractivity contribution is 5.99. The van der Waals surface area contributed by atoms with E-state index in [1.165, 1.54) is 5.56 Å². The molecule has 0 saturated carbocycles. The Morgan fingerprint density at radius 2 is 1.46 bits per heavy atom. The monoisotopic (exact) mass is 471 g/mol. The lowest BCUT2D eigenvalue weighted by Crippen LogP contribution is -2.42. The first kappa shape index (κ1) is 24.5. The van der Waals surface area contributed by atoms with E-state index in [-0.39, 0.29) is 23.1 Å². The number of nitrogens with one attached hydrogen (secondary N) is 1. The van der Waals surface area contributed by atoms with Gasteiger partial charge in [-0.05, 0) is 50.2 Å². The Labute approximate surface area is 206 Å². The van der Waals surface area contributed by atoms with Crippen LogP contribution in [0.15, 0.2) is 77.9 Å². The molecule has 0 radical (unpaired) electrons. The van der Waals surface area contributed by atoms with Crippen LogP contribution in [0.3, 0.4) is 0 Å². The normalized spacial score (nSPS) is 14.2. The van der Waals surface area contributed by atoms with Gasteiger partial charge in [0.05, 0.1) is 0 Å². The van der Waals surface area contributed by atoms with Crippen molar-refractivity contribution in [2.45, 2.75) is 45.7 Å². The van der Waals surface area contributed by atoms with Crippen LogP contribution < -0.4 is 10.7 Å². The molecule has 3 aromatic rings. The Morgan fingerprint density at radius 1 is 0.886 bits per heavy atom. The number of pyridine rings is 1. The minimum absolute atomic E-state index is 0.000514. The summed E-state index contributed by atoms with van der Waals surface area (Å²) in [5.74, 6) is -0.239. The predicted molar refractivity (Wildman–Crippen MR) is 138 cm³/mol. The number of hydrogen-bond acceptors (Lipinski definition) is 3. The molecular formula is C29H33N3O3. The summed E-state index contributed by atoms with van der Waals surface area (Å²) in [7, 11) is 0. The smallest absolute Gasteiger partial charge is 0.259 e. The molecule has 2 amide bonds. The first-order chi connectivity index (χ1) is 16.9. The van der Waals surface area contributed by atoms with Crippen molar-refractivity contribution in [3.63, 3.8) is 0 Å². The second-order valence-corrected chi connectivity index (χ2v) is 9.63. The van der Waals surface area contributed by atoms with Crippen molar-refractivity contribution in [2.75, 3.05) is 13.1 Å². The third-order valence-electron chi connectivity index (χ3n) is 6.45. The third-order valence-corrected chi connectivity index (χ3v) is 6.45. The van der Waals surface area contributed by atoms with Gasteiger partial charge in [-0.15, -0.1) is 0 Å². The molecule has 1 aliphatic rings. The highest BCUT2D eigenvalue weighted by Crippen LogP contribution is 2.22. The highest BCUT2D eigenvalue weighted by Gasteiger charge is 2.27. The number of rotatable bonds is 7. The van der Waals surface area contributed by atoms with E-state index in [2.05, 4.69) is 29.6 Å². The Balaban J connectivity index is 1.55. The van der Waals surface area contributed by atoms with Gasteiger partial charge in [0, 0.05) is 38.1 Å². The second kappa shape index (κ2) is 11.2. The summed E-state index contributed by atoms with van der Waals surface area (Å²) in [5.41, 5.74) is 1.87. The fraction of sp³-hybridized carbons (Fsp3) is 0.345. The van der Waals surface area contributed by atoms with Gasteiger partial charge in [-0.25, -0.2) is 0 Å². The van der Waals surface area contributed by atoms with E-state index in [0.29, 0.717) is 25.6 Å². The molecule has 0 atom stereocenters. The average Bonchev–Trinajstić information content (AvgIpc) is 2.86. The molecule has 1 aromatic heterocycles. The Bertz CT molecular complexity index is 1210. The summed E-state index contributed by atoms with van der Waals surface area (Å²) in [6.07, 6.45) is 5.94. The first-order valence-corrected chi connectivity index (χ1v) is 12.3. The number of piperidine rings is 1. The van der Waals surface area contributed by atoms with Crippen LogP contribution >= 0.6 is 0 Å². The van der Waals surface area contributed by atoms with Crippen LogP contribution in [-0.4, -0.2) is 40.4 Å². The molecule has 0 bridgehead atoms. The molecule has 1 N–H and O–H groups in total. The largest absolute Gasteiger partial charge is 0.350 e. The Kier molecular flexibility index (Phi) is 7.80. The lowest BCUT2D eigenvalue weighted by Gasteiger charge is -2.32. The van der Waals surface area contributed by atoms with Gasteiger partial charge >= 0.3 is 0 Å². The lowest BCUT2D eigenvalue weighted by molar-refractivity contribution is 0.0688. The molecule has 2 heterocycles. The van der Waals surface area contributed by atoms with Gasteiger partial charge in [-0.3, -0.25) is 14.4 Å². The van der Waals surface area contributed by atoms with E-state index in [1.54, 1.807) is 21.9 Å². The van der Waals surface area contributed by atoms with Gasteiger partial charge in [0.25, 0.3) is 11.8 Å². The summed E-state index contributed by atoms with van der Waals surface area (Å²) in [6.45, 7) is 5.36. The van der Waals surface area contributed by atoms with Crippen molar-refractivity contribution >= 4 is 11.8 Å². The Morgan fingerprint density at radius 3 is 2.06 bits per heavy atom. The molecule has 2 aromatic carbocycles. The highest BCUT2D eigenvalue weighted by atomic mass is 16.2. The maximum Gasteiger partial charge on any atom is 0.259 e. The number of likely N-dealkylation sites (tertiary alicyclic amines) is 1. The number of amides is 2. The molecular weight excluding hydrogens is 438 g/mol. The third kappa shape index (κ3) is 6.27. The van der Waals surface area contributed by atoms with E-state index in [1.807, 2.05) is 50.2 Å². The predicted octanol–water partition coefficient (Wildman–Crippen LogP) is 4.13. The van der Waals surface area contributed by atoms with Crippen molar-refractivity contribution in [1.29, 1.82) is 0 Å². The number of carbonyl (C=O) groups excluding carboxylic acids is 2. The van der Waals surface area contributed by atoms with Gasteiger partial charge < -0.3 is 14.8 Å². The number of carbonyl (C=O) groups is 2. The van der Waals surface area contributed by atoms with Crippen LogP contribution in [0.1, 0.15) is 58.5 Å². The fourth-order valence-electron chi connectivity index (χ4n) is 4.63. The van der Waals surface area contributed by atoms with Crippen LogP contribution in [0, 0.1) is 5.92 Å². The number of aromatic nitrogens is 1. The average molecular weight is 472 g/mol. The van der Waals surface area contributed by atoms with Crippen molar-refractivity contribution < 1.29 is 9.59 Å². The standard InChI is InChI=1S/C29H33N3O3/c1-21(2)30-28(34)25-19-31(18-24-11-7-4-8-12-24)20-26(27(25)33)29(35)32-15-13-23(14-16-32)17-22-9-5-3-6-10-22/h3-12,19-21,23H,13-18H2,1-2H3,(H,30,34). The molecule has 4 rings (SSSR count). The molecule has 1 saturated heterocycles. The fourth-order valence-corrected chi connectivity index (χ4v) is 4.63. The molecule has 6 heteroatoms. The maximum absolute atomic E-state index is 13.5. The van der Waals surface area contributed by atoms with Gasteiger partial charge in [0.2, 0.25) is 5.43 Å². The topological polar surface area (TPSA) is 71.4 Å². The molecule has 6 nitrogen and oxygen atoms in total. The molecule has 182 valence electrons. The summed E-state index contributed by atoms with van der Waals surface area (Å²) in [4.78, 5) is 41.3. The van der Waals surface area contributed by atoms with E-state index < -0.39 is 11.3 Å². The molecule has 0 unspecified atom stereocenters. The first-order valence-electron chi connectivity index (χ1n) is 12.3. The van der Waals surface area contributed by atoms with Gasteiger partial charge in [-0.2, -0.15) is 0 Å². The van der Waals surface area contributed by atoms with Crippen molar-refractivity contribution in [1.82, 2.24) is 14.8 Å². The quantitative estimate of drug-likeness (QED) is 0.563. The zero-order chi connectivity index (χ0) is 24.8. The second-order valence-electron chi connectivity index (χ2n) is 9.63. The van der Waals surface area contributed by atoms with Gasteiger partial charge in [0.15, 0.2) is 0 Å². The summed E-state index contributed by atoms with van der Waals surface area (Å²) in [6, 6.07) is 20.1. The summed E-state index contributed by atoms with van der Waals surface area (Å²) in [5, 5.41) is 2.79. The zero-order valence-corrected chi connectivity index (χ0v) is 20.4. The minimum atomic E-state index is -0.510. The summed E-state index contributed by atoms with van der Waals surface area (Å²) < 4.78 is 1.77. The Hall–Kier alpha value is -3.67. The maximum atomic E-state index is 13.5. The summed E-state index contributed by atoms with van der Waals surface area (Å²) >= 11 is 0. The van der Waals surface area contributed by atoms with E-state index in [0.717, 1.165) is 24.8 Å².